The lowest BCUT2D eigenvalue weighted by molar-refractivity contribution is -0.114. The first-order chi connectivity index (χ1) is 9.16. The summed E-state index contributed by atoms with van der Waals surface area (Å²) in [6.07, 6.45) is 5.01. The molecule has 6 heteroatoms. The van der Waals surface area contributed by atoms with E-state index in [-0.39, 0.29) is 5.56 Å². The predicted molar refractivity (Wildman–Crippen MR) is 65.3 cm³/mol. The van der Waals surface area contributed by atoms with Crippen LogP contribution < -0.4 is 4.90 Å². The Morgan fingerprint density at radius 1 is 1.21 bits per heavy atom. The van der Waals surface area contributed by atoms with Crippen molar-refractivity contribution in [2.45, 2.75) is 6.54 Å². The molecule has 0 N–H and O–H groups in total. The molecule has 0 unspecified atom stereocenters. The van der Waals surface area contributed by atoms with Crippen LogP contribution in [-0.4, -0.2) is 27.8 Å². The lowest BCUT2D eigenvalue weighted by Gasteiger charge is -2.16. The number of carbonyl (C=O) groups is 2. The van der Waals surface area contributed by atoms with Gasteiger partial charge in [0.15, 0.2) is 0 Å². The Morgan fingerprint density at radius 3 is 2.79 bits per heavy atom. The van der Waals surface area contributed by atoms with E-state index >= 15 is 0 Å². The number of carbonyl (C=O) groups excluding carboxylic acids is 2. The number of ketones is 1. The Bertz CT molecular complexity index is 652. The summed E-state index contributed by atoms with van der Waals surface area (Å²) in [5.74, 6) is -1.66. The van der Waals surface area contributed by atoms with Crippen molar-refractivity contribution in [1.29, 1.82) is 0 Å². The maximum atomic E-state index is 13.2. The predicted octanol–water partition coefficient (Wildman–Crippen LogP) is 1.25. The molecule has 1 aromatic carbocycles. The zero-order valence-corrected chi connectivity index (χ0v) is 9.91. The first-order valence-electron chi connectivity index (χ1n) is 5.78. The first-order valence-corrected chi connectivity index (χ1v) is 5.78. The molecular weight excluding hydrogens is 249 g/mol. The van der Waals surface area contributed by atoms with Gasteiger partial charge in [-0.05, 0) is 18.2 Å². The molecule has 1 amide bonds. The quantitative estimate of drug-likeness (QED) is 0.779. The molecule has 0 fully saturated rings. The van der Waals surface area contributed by atoms with E-state index in [2.05, 4.69) is 4.98 Å². The van der Waals surface area contributed by atoms with E-state index in [1.54, 1.807) is 23.3 Å². The third-order valence-corrected chi connectivity index (χ3v) is 3.08. The number of benzene rings is 1. The van der Waals surface area contributed by atoms with Gasteiger partial charge in [0, 0.05) is 25.5 Å². The summed E-state index contributed by atoms with van der Waals surface area (Å²) >= 11 is 0. The molecule has 3 rings (SSSR count). The number of hydrogen-bond acceptors (Lipinski definition) is 3. The molecule has 2 heterocycles. The minimum atomic E-state index is -0.610. The number of anilines is 1. The molecule has 0 saturated carbocycles. The van der Waals surface area contributed by atoms with Crippen LogP contribution in [0.5, 0.6) is 0 Å². The number of imidazole rings is 1. The van der Waals surface area contributed by atoms with Gasteiger partial charge in [0.25, 0.3) is 11.7 Å². The van der Waals surface area contributed by atoms with Gasteiger partial charge in [-0.3, -0.25) is 9.59 Å². The van der Waals surface area contributed by atoms with Crippen LogP contribution in [0.15, 0.2) is 36.9 Å². The highest BCUT2D eigenvalue weighted by Crippen LogP contribution is 2.29. The van der Waals surface area contributed by atoms with Crippen LogP contribution in [0.3, 0.4) is 0 Å². The SMILES string of the molecule is O=C1C(=O)N(CCn2ccnc2)c2cc(F)ccc21. The fraction of sp³-hybridized carbons (Fsp3) is 0.154. The number of nitrogens with zero attached hydrogens (tertiary/aromatic N) is 3. The summed E-state index contributed by atoms with van der Waals surface area (Å²) < 4.78 is 15.0. The summed E-state index contributed by atoms with van der Waals surface area (Å²) in [4.78, 5) is 28.8. The molecule has 2 aromatic rings. The Balaban J connectivity index is 1.88. The lowest BCUT2D eigenvalue weighted by atomic mass is 10.1. The van der Waals surface area contributed by atoms with Gasteiger partial charge in [-0.15, -0.1) is 0 Å². The molecule has 1 aliphatic heterocycles. The number of halogens is 1. The highest BCUT2D eigenvalue weighted by Gasteiger charge is 2.35. The van der Waals surface area contributed by atoms with Crippen LogP contribution in [0.1, 0.15) is 10.4 Å². The third kappa shape index (κ3) is 1.91. The fourth-order valence-corrected chi connectivity index (χ4v) is 2.12. The van der Waals surface area contributed by atoms with Gasteiger partial charge in [-0.25, -0.2) is 9.37 Å². The molecule has 1 aromatic heterocycles. The molecular formula is C13H10FN3O2. The second-order valence-corrected chi connectivity index (χ2v) is 4.25. The average Bonchev–Trinajstić information content (AvgIpc) is 2.98. The number of aromatic nitrogens is 2. The van der Waals surface area contributed by atoms with Gasteiger partial charge >= 0.3 is 0 Å². The third-order valence-electron chi connectivity index (χ3n) is 3.08. The minimum Gasteiger partial charge on any atom is -0.336 e. The monoisotopic (exact) mass is 259 g/mol. The molecule has 5 nitrogen and oxygen atoms in total. The van der Waals surface area contributed by atoms with E-state index in [1.165, 1.54) is 23.1 Å². The maximum absolute atomic E-state index is 13.2. The van der Waals surface area contributed by atoms with Gasteiger partial charge in [0.1, 0.15) is 5.82 Å². The van der Waals surface area contributed by atoms with Crippen molar-refractivity contribution in [2.75, 3.05) is 11.4 Å². The van der Waals surface area contributed by atoms with Crippen LogP contribution in [0.25, 0.3) is 0 Å². The molecule has 19 heavy (non-hydrogen) atoms. The summed E-state index contributed by atoms with van der Waals surface area (Å²) in [6, 6.07) is 3.75. The van der Waals surface area contributed by atoms with Crippen LogP contribution in [-0.2, 0) is 11.3 Å². The first kappa shape index (κ1) is 11.6. The molecule has 96 valence electrons. The van der Waals surface area contributed by atoms with Crippen LogP contribution in [0, 0.1) is 5.82 Å². The number of amides is 1. The molecule has 0 bridgehead atoms. The van der Waals surface area contributed by atoms with Crippen LogP contribution in [0.4, 0.5) is 10.1 Å². The van der Waals surface area contributed by atoms with E-state index < -0.39 is 17.5 Å². The Hall–Kier alpha value is -2.50. The number of rotatable bonds is 3. The second-order valence-electron chi connectivity index (χ2n) is 4.25. The van der Waals surface area contributed by atoms with Gasteiger partial charge in [-0.2, -0.15) is 0 Å². The summed E-state index contributed by atoms with van der Waals surface area (Å²) in [7, 11) is 0. The van der Waals surface area contributed by atoms with E-state index in [0.717, 1.165) is 0 Å². The molecule has 0 saturated heterocycles. The van der Waals surface area contributed by atoms with Crippen molar-refractivity contribution in [3.8, 4) is 0 Å². The number of hydrogen-bond donors (Lipinski definition) is 0. The molecule has 0 aliphatic carbocycles. The lowest BCUT2D eigenvalue weighted by Crippen LogP contribution is -2.32. The van der Waals surface area contributed by atoms with E-state index in [4.69, 9.17) is 0 Å². The van der Waals surface area contributed by atoms with E-state index in [9.17, 15) is 14.0 Å². The normalized spacial score (nSPS) is 14.1. The summed E-state index contributed by atoms with van der Waals surface area (Å²) in [6.45, 7) is 0.798. The van der Waals surface area contributed by atoms with Crippen molar-refractivity contribution in [2.24, 2.45) is 0 Å². The highest BCUT2D eigenvalue weighted by atomic mass is 19.1. The van der Waals surface area contributed by atoms with Gasteiger partial charge < -0.3 is 9.47 Å². The largest absolute Gasteiger partial charge is 0.336 e. The summed E-state index contributed by atoms with van der Waals surface area (Å²) in [5.41, 5.74) is 0.604. The molecule has 1 aliphatic rings. The topological polar surface area (TPSA) is 55.2 Å². The molecule has 0 spiro atoms. The Morgan fingerprint density at radius 2 is 2.05 bits per heavy atom. The van der Waals surface area contributed by atoms with Gasteiger partial charge in [0.2, 0.25) is 0 Å². The summed E-state index contributed by atoms with van der Waals surface area (Å²) in [5, 5.41) is 0. The van der Waals surface area contributed by atoms with Crippen LogP contribution in [0.2, 0.25) is 0 Å². The fourth-order valence-electron chi connectivity index (χ4n) is 2.12. The van der Waals surface area contributed by atoms with Crippen molar-refractivity contribution >= 4 is 17.4 Å². The smallest absolute Gasteiger partial charge is 0.299 e. The van der Waals surface area contributed by atoms with E-state index in [0.29, 0.717) is 18.8 Å². The molecule has 0 radical (unpaired) electrons. The second kappa shape index (κ2) is 4.31. The van der Waals surface area contributed by atoms with Crippen molar-refractivity contribution in [3.63, 3.8) is 0 Å². The zero-order chi connectivity index (χ0) is 13.4. The van der Waals surface area contributed by atoms with E-state index in [1.807, 2.05) is 0 Å². The average molecular weight is 259 g/mol. The van der Waals surface area contributed by atoms with Crippen molar-refractivity contribution in [1.82, 2.24) is 9.55 Å². The van der Waals surface area contributed by atoms with Crippen molar-refractivity contribution < 1.29 is 14.0 Å². The number of Topliss-reactive ketones (excluding diaryl/α,β-unsaturated/α-hetero) is 1. The zero-order valence-electron chi connectivity index (χ0n) is 9.91. The Kier molecular flexibility index (Phi) is 2.63. The maximum Gasteiger partial charge on any atom is 0.299 e. The van der Waals surface area contributed by atoms with Crippen molar-refractivity contribution in [3.05, 3.63) is 48.3 Å². The minimum absolute atomic E-state index is 0.261. The van der Waals surface area contributed by atoms with Crippen LogP contribution >= 0.6 is 0 Å². The van der Waals surface area contributed by atoms with Gasteiger partial charge in [-0.1, -0.05) is 0 Å². The number of fused-ring (bicyclic) bond motifs is 1. The highest BCUT2D eigenvalue weighted by molar-refractivity contribution is 6.52. The molecule has 0 atom stereocenters. The van der Waals surface area contributed by atoms with Gasteiger partial charge in [0.05, 0.1) is 17.6 Å². The standard InChI is InChI=1S/C13H10FN3O2/c14-9-1-2-10-11(7-9)17(13(19)12(10)18)6-5-16-4-3-15-8-16/h1-4,7-8H,5-6H2. The Labute approximate surface area is 108 Å².